The summed E-state index contributed by atoms with van der Waals surface area (Å²) in [6.45, 7) is 1.53. The van der Waals surface area contributed by atoms with Gasteiger partial charge in [0.15, 0.2) is 6.10 Å². The molecule has 1 atom stereocenters. The van der Waals surface area contributed by atoms with E-state index in [1.165, 1.54) is 31.0 Å². The third kappa shape index (κ3) is 5.21. The van der Waals surface area contributed by atoms with Crippen molar-refractivity contribution in [1.29, 1.82) is 0 Å². The fraction of sp³-hybridized carbons (Fsp3) is 0.545. The molecule has 1 spiro atoms. The van der Waals surface area contributed by atoms with E-state index in [2.05, 4.69) is 5.32 Å². The van der Waals surface area contributed by atoms with Gasteiger partial charge in [-0.3, -0.25) is 19.3 Å². The number of nitrogens with zero attached hydrogens (tertiary/aromatic N) is 2. The topological polar surface area (TPSA) is 96.0 Å². The summed E-state index contributed by atoms with van der Waals surface area (Å²) in [5, 5.41) is 2.79. The Hall–Kier alpha value is -2.97. The van der Waals surface area contributed by atoms with Gasteiger partial charge >= 0.3 is 12.0 Å². The van der Waals surface area contributed by atoms with E-state index in [-0.39, 0.29) is 25.4 Å². The number of halogens is 1. The summed E-state index contributed by atoms with van der Waals surface area (Å²) in [5.41, 5.74) is -0.216. The maximum absolute atomic E-state index is 13.3. The molecule has 3 rings (SSSR count). The van der Waals surface area contributed by atoms with Crippen molar-refractivity contribution in [2.24, 2.45) is 0 Å². The lowest BCUT2D eigenvalue weighted by Crippen LogP contribution is -2.48. The number of hydrogen-bond acceptors (Lipinski definition) is 5. The number of carbonyl (C=O) groups excluding carboxylic acids is 4. The van der Waals surface area contributed by atoms with Crippen LogP contribution >= 0.6 is 0 Å². The number of imide groups is 1. The third-order valence-corrected chi connectivity index (χ3v) is 5.83. The quantitative estimate of drug-likeness (QED) is 0.526. The molecule has 1 heterocycles. The summed E-state index contributed by atoms with van der Waals surface area (Å²) in [5.74, 6) is -1.80. The first kappa shape index (κ1) is 22.7. The van der Waals surface area contributed by atoms with E-state index in [1.807, 2.05) is 0 Å². The Bertz CT molecular complexity index is 868. The monoisotopic (exact) mass is 433 g/mol. The zero-order chi connectivity index (χ0) is 22.6. The van der Waals surface area contributed by atoms with Crippen LogP contribution in [-0.4, -0.2) is 58.8 Å². The van der Waals surface area contributed by atoms with Gasteiger partial charge < -0.3 is 15.0 Å². The van der Waals surface area contributed by atoms with E-state index >= 15 is 0 Å². The average Bonchev–Trinajstić information content (AvgIpc) is 2.95. The highest BCUT2D eigenvalue weighted by Gasteiger charge is 2.51. The number of nitrogens with one attached hydrogen (secondary N) is 1. The molecule has 1 saturated heterocycles. The summed E-state index contributed by atoms with van der Waals surface area (Å²) >= 11 is 0. The molecule has 0 radical (unpaired) electrons. The normalized spacial score (nSPS) is 18.6. The molecule has 2 aliphatic rings. The predicted molar refractivity (Wildman–Crippen MR) is 109 cm³/mol. The van der Waals surface area contributed by atoms with Crippen LogP contribution in [0.1, 0.15) is 51.0 Å². The molecule has 1 unspecified atom stereocenters. The number of carbonyl (C=O) groups is 4. The second kappa shape index (κ2) is 9.45. The Balaban J connectivity index is 1.48. The highest BCUT2D eigenvalue weighted by atomic mass is 19.1. The van der Waals surface area contributed by atoms with Crippen molar-refractivity contribution in [3.63, 3.8) is 0 Å². The first-order valence-corrected chi connectivity index (χ1v) is 10.5. The number of benzene rings is 1. The van der Waals surface area contributed by atoms with Gasteiger partial charge in [0.05, 0.1) is 6.42 Å². The number of likely N-dealkylation sites (N-methyl/N-ethyl adjacent to an activating group) is 1. The molecule has 1 saturated carbocycles. The fourth-order valence-electron chi connectivity index (χ4n) is 4.18. The van der Waals surface area contributed by atoms with Gasteiger partial charge in [0, 0.05) is 20.1 Å². The summed E-state index contributed by atoms with van der Waals surface area (Å²) < 4.78 is 18.5. The Morgan fingerprint density at radius 1 is 1.26 bits per heavy atom. The number of hydrogen-bond donors (Lipinski definition) is 1. The van der Waals surface area contributed by atoms with Crippen LogP contribution < -0.4 is 5.32 Å². The maximum atomic E-state index is 13.3. The molecule has 1 aromatic rings. The molecular weight excluding hydrogens is 405 g/mol. The van der Waals surface area contributed by atoms with E-state index in [9.17, 15) is 23.6 Å². The predicted octanol–water partition coefficient (Wildman–Crippen LogP) is 2.36. The molecule has 0 bridgehead atoms. The molecule has 2 fully saturated rings. The number of rotatable bonds is 7. The molecule has 1 N–H and O–H groups in total. The first-order valence-electron chi connectivity index (χ1n) is 10.5. The lowest BCUT2D eigenvalue weighted by atomic mass is 9.82. The van der Waals surface area contributed by atoms with Crippen molar-refractivity contribution in [1.82, 2.24) is 15.1 Å². The van der Waals surface area contributed by atoms with Crippen molar-refractivity contribution in [3.8, 4) is 0 Å². The number of esters is 1. The van der Waals surface area contributed by atoms with Crippen LogP contribution in [0, 0.1) is 5.82 Å². The second-order valence-corrected chi connectivity index (χ2v) is 8.24. The van der Waals surface area contributed by atoms with Gasteiger partial charge in [-0.15, -0.1) is 0 Å². The third-order valence-electron chi connectivity index (χ3n) is 5.83. The standard InChI is InChI=1S/C22H28FN3O5/c1-15(19(28)25(2)14-16-7-6-8-17(23)13-16)31-18(27)9-12-26-20(29)22(24-21(26)30)10-4-3-5-11-22/h6-8,13,15H,3-5,9-12,14H2,1-2H3,(H,24,30). The van der Waals surface area contributed by atoms with E-state index < -0.39 is 35.4 Å². The van der Waals surface area contributed by atoms with Crippen molar-refractivity contribution in [2.45, 2.75) is 63.6 Å². The smallest absolute Gasteiger partial charge is 0.325 e. The van der Waals surface area contributed by atoms with E-state index in [4.69, 9.17) is 4.74 Å². The van der Waals surface area contributed by atoms with Gasteiger partial charge in [0.1, 0.15) is 11.4 Å². The van der Waals surface area contributed by atoms with Gasteiger partial charge in [-0.2, -0.15) is 0 Å². The van der Waals surface area contributed by atoms with Gasteiger partial charge in [-0.05, 0) is 37.5 Å². The number of amides is 4. The molecule has 1 aromatic carbocycles. The molecular formula is C22H28FN3O5. The minimum atomic E-state index is -1.04. The van der Waals surface area contributed by atoms with E-state index in [0.717, 1.165) is 24.2 Å². The summed E-state index contributed by atoms with van der Waals surface area (Å²) in [6.07, 6.45) is 2.79. The molecule has 1 aliphatic carbocycles. The van der Waals surface area contributed by atoms with Gasteiger partial charge in [-0.25, -0.2) is 9.18 Å². The number of urea groups is 1. The SMILES string of the molecule is CC(OC(=O)CCN1C(=O)NC2(CCCCC2)C1=O)C(=O)N(C)Cc1cccc(F)c1. The van der Waals surface area contributed by atoms with Crippen LogP contribution in [0.2, 0.25) is 0 Å². The molecule has 168 valence electrons. The highest BCUT2D eigenvalue weighted by Crippen LogP contribution is 2.33. The van der Waals surface area contributed by atoms with Crippen LogP contribution in [-0.2, 0) is 25.7 Å². The summed E-state index contributed by atoms with van der Waals surface area (Å²) in [7, 11) is 1.54. The summed E-state index contributed by atoms with van der Waals surface area (Å²) in [4.78, 5) is 52.0. The van der Waals surface area contributed by atoms with Crippen molar-refractivity contribution >= 4 is 23.8 Å². The van der Waals surface area contributed by atoms with E-state index in [0.29, 0.717) is 18.4 Å². The van der Waals surface area contributed by atoms with Crippen LogP contribution in [0.4, 0.5) is 9.18 Å². The lowest BCUT2D eigenvalue weighted by Gasteiger charge is -2.30. The van der Waals surface area contributed by atoms with Crippen molar-refractivity contribution in [2.75, 3.05) is 13.6 Å². The van der Waals surface area contributed by atoms with E-state index in [1.54, 1.807) is 12.1 Å². The second-order valence-electron chi connectivity index (χ2n) is 8.24. The van der Waals surface area contributed by atoms with Gasteiger partial charge in [0.2, 0.25) is 0 Å². The zero-order valence-electron chi connectivity index (χ0n) is 17.9. The maximum Gasteiger partial charge on any atom is 0.325 e. The minimum Gasteiger partial charge on any atom is -0.452 e. The Kier molecular flexibility index (Phi) is 6.92. The molecule has 8 nitrogen and oxygen atoms in total. The highest BCUT2D eigenvalue weighted by molar-refractivity contribution is 6.07. The minimum absolute atomic E-state index is 0.0920. The molecule has 1 aliphatic heterocycles. The lowest BCUT2D eigenvalue weighted by molar-refractivity contribution is -0.159. The Morgan fingerprint density at radius 2 is 1.97 bits per heavy atom. The fourth-order valence-corrected chi connectivity index (χ4v) is 4.18. The Morgan fingerprint density at radius 3 is 2.65 bits per heavy atom. The summed E-state index contributed by atoms with van der Waals surface area (Å²) in [6, 6.07) is 5.41. The number of ether oxygens (including phenoxy) is 1. The van der Waals surface area contributed by atoms with Crippen LogP contribution in [0.5, 0.6) is 0 Å². The molecule has 4 amide bonds. The molecule has 31 heavy (non-hydrogen) atoms. The molecule has 0 aromatic heterocycles. The Labute approximate surface area is 180 Å². The molecule has 9 heteroatoms. The average molecular weight is 433 g/mol. The van der Waals surface area contributed by atoms with Crippen LogP contribution in [0.25, 0.3) is 0 Å². The van der Waals surface area contributed by atoms with Gasteiger partial charge in [-0.1, -0.05) is 31.4 Å². The van der Waals surface area contributed by atoms with Crippen LogP contribution in [0.15, 0.2) is 24.3 Å². The van der Waals surface area contributed by atoms with Crippen LogP contribution in [0.3, 0.4) is 0 Å². The zero-order valence-corrected chi connectivity index (χ0v) is 17.9. The van der Waals surface area contributed by atoms with Crippen molar-refractivity contribution < 1.29 is 28.3 Å². The largest absolute Gasteiger partial charge is 0.452 e. The van der Waals surface area contributed by atoms with Gasteiger partial charge in [0.25, 0.3) is 11.8 Å². The van der Waals surface area contributed by atoms with Crippen molar-refractivity contribution in [3.05, 3.63) is 35.6 Å². The first-order chi connectivity index (χ1) is 14.7.